The van der Waals surface area contributed by atoms with Crippen LogP contribution in [0.25, 0.3) is 0 Å². The number of rotatable bonds is 3. The molecule has 3 rings (SSSR count). The van der Waals surface area contributed by atoms with E-state index in [-0.39, 0.29) is 24.5 Å². The van der Waals surface area contributed by atoms with Crippen LogP contribution in [0.2, 0.25) is 0 Å². The van der Waals surface area contributed by atoms with Gasteiger partial charge in [0.25, 0.3) is 5.69 Å². The molecule has 0 aromatic heterocycles. The van der Waals surface area contributed by atoms with Crippen LogP contribution in [-0.4, -0.2) is 59.2 Å². The molecule has 0 radical (unpaired) electrons. The summed E-state index contributed by atoms with van der Waals surface area (Å²) in [5, 5.41) is 23.8. The third kappa shape index (κ3) is 2.87. The van der Waals surface area contributed by atoms with Gasteiger partial charge in [-0.15, -0.1) is 0 Å². The van der Waals surface area contributed by atoms with E-state index < -0.39 is 20.6 Å². The number of para-hydroxylation sites is 1. The average molecular weight is 375 g/mol. The zero-order valence-electron chi connectivity index (χ0n) is 12.5. The first-order valence-electron chi connectivity index (χ1n) is 7.17. The first-order chi connectivity index (χ1) is 11.3. The number of halogens is 1. The lowest BCUT2D eigenvalue weighted by molar-refractivity contribution is -0.387. The highest BCUT2D eigenvalue weighted by molar-refractivity contribution is 7.89. The lowest BCUT2D eigenvalue weighted by atomic mass is 10.3. The van der Waals surface area contributed by atoms with E-state index in [2.05, 4.69) is 0 Å². The molecule has 1 fully saturated rings. The van der Waals surface area contributed by atoms with Gasteiger partial charge in [0.2, 0.25) is 10.0 Å². The quantitative estimate of drug-likeness (QED) is 0.628. The number of benzene rings is 1. The van der Waals surface area contributed by atoms with Crippen molar-refractivity contribution in [3.63, 3.8) is 0 Å². The molecule has 1 aromatic carbocycles. The first kappa shape index (κ1) is 17.1. The van der Waals surface area contributed by atoms with Crippen molar-refractivity contribution in [2.45, 2.75) is 11.3 Å². The predicted octanol–water partition coefficient (Wildman–Crippen LogP) is 1.36. The topological polar surface area (TPSA) is 107 Å². The molecule has 1 N–H and O–H groups in total. The summed E-state index contributed by atoms with van der Waals surface area (Å²) in [6, 6.07) is 5.25. The molecule has 1 saturated heterocycles. The maximum Gasteiger partial charge on any atom is 0.289 e. The molecule has 1 aromatic rings. The molecule has 0 aliphatic carbocycles. The van der Waals surface area contributed by atoms with E-state index in [0.717, 1.165) is 15.5 Å². The Kier molecular flexibility index (Phi) is 4.49. The molecule has 0 atom stereocenters. The van der Waals surface area contributed by atoms with Crippen LogP contribution in [0.1, 0.15) is 6.42 Å². The van der Waals surface area contributed by atoms with Crippen LogP contribution in [0.5, 0.6) is 0 Å². The second-order valence-electron chi connectivity index (χ2n) is 5.42. The third-order valence-electron chi connectivity index (χ3n) is 3.97. The number of sulfonamides is 1. The van der Waals surface area contributed by atoms with E-state index in [1.165, 1.54) is 23.2 Å². The fourth-order valence-corrected chi connectivity index (χ4v) is 4.67. The number of nitro benzene ring substituents is 1. The number of hydroxylamine groups is 1. The van der Waals surface area contributed by atoms with E-state index in [1.54, 1.807) is 0 Å². The summed E-state index contributed by atoms with van der Waals surface area (Å²) in [7, 11) is -4.07. The SMILES string of the molecule is O=[N+]([O-])c1ccccc1S(=O)(=O)N1CCCN2C(=C(Cl)CN2O)C1. The highest BCUT2D eigenvalue weighted by Crippen LogP contribution is 2.32. The Morgan fingerprint density at radius 2 is 1.92 bits per heavy atom. The molecule has 130 valence electrons. The highest BCUT2D eigenvalue weighted by atomic mass is 35.5. The minimum atomic E-state index is -4.07. The Morgan fingerprint density at radius 1 is 1.21 bits per heavy atom. The van der Waals surface area contributed by atoms with E-state index >= 15 is 0 Å². The van der Waals surface area contributed by atoms with Crippen LogP contribution in [0.15, 0.2) is 39.9 Å². The standard InChI is InChI=1S/C13H15ClN4O5S/c14-10-8-17(19)16-7-3-6-15(9-12(10)16)24(22,23)13-5-2-1-4-11(13)18(20)21/h1-2,4-5,19H,3,6-9H2. The number of hydrogen-bond donors (Lipinski definition) is 1. The summed E-state index contributed by atoms with van der Waals surface area (Å²) >= 11 is 6.10. The van der Waals surface area contributed by atoms with Crippen molar-refractivity contribution < 1.29 is 18.5 Å². The normalized spacial score (nSPS) is 20.2. The fourth-order valence-electron chi connectivity index (χ4n) is 2.81. The van der Waals surface area contributed by atoms with Gasteiger partial charge >= 0.3 is 0 Å². The van der Waals surface area contributed by atoms with Crippen molar-refractivity contribution in [2.75, 3.05) is 26.2 Å². The van der Waals surface area contributed by atoms with Crippen molar-refractivity contribution in [2.24, 2.45) is 0 Å². The lowest BCUT2D eigenvalue weighted by Gasteiger charge is -2.25. The number of fused-ring (bicyclic) bond motifs is 1. The van der Waals surface area contributed by atoms with Gasteiger partial charge in [-0.25, -0.2) is 8.42 Å². The van der Waals surface area contributed by atoms with Crippen LogP contribution >= 0.6 is 11.6 Å². The summed E-state index contributed by atoms with van der Waals surface area (Å²) in [6.45, 7) is 0.623. The second kappa shape index (κ2) is 6.30. The van der Waals surface area contributed by atoms with Gasteiger partial charge in [0.1, 0.15) is 0 Å². The molecule has 2 heterocycles. The largest absolute Gasteiger partial charge is 0.294 e. The van der Waals surface area contributed by atoms with Crippen molar-refractivity contribution in [1.82, 2.24) is 14.5 Å². The molecular formula is C13H15ClN4O5S. The Morgan fingerprint density at radius 3 is 2.62 bits per heavy atom. The van der Waals surface area contributed by atoms with E-state index in [0.29, 0.717) is 23.7 Å². The van der Waals surface area contributed by atoms with Crippen molar-refractivity contribution in [3.8, 4) is 0 Å². The molecular weight excluding hydrogens is 360 g/mol. The van der Waals surface area contributed by atoms with Crippen LogP contribution < -0.4 is 0 Å². The molecule has 0 bridgehead atoms. The monoisotopic (exact) mass is 374 g/mol. The Hall–Kier alpha value is -1.72. The molecule has 2 aliphatic heterocycles. The van der Waals surface area contributed by atoms with Gasteiger partial charge in [0, 0.05) is 19.2 Å². The maximum atomic E-state index is 12.9. The van der Waals surface area contributed by atoms with E-state index in [1.807, 2.05) is 0 Å². The van der Waals surface area contributed by atoms with Crippen LogP contribution in [-0.2, 0) is 10.0 Å². The second-order valence-corrected chi connectivity index (χ2v) is 7.78. The van der Waals surface area contributed by atoms with Gasteiger partial charge in [-0.2, -0.15) is 4.31 Å². The molecule has 11 heteroatoms. The van der Waals surface area contributed by atoms with Gasteiger partial charge < -0.3 is 0 Å². The first-order valence-corrected chi connectivity index (χ1v) is 8.99. The molecule has 2 aliphatic rings. The summed E-state index contributed by atoms with van der Waals surface area (Å²) in [5.41, 5.74) is 0.0210. The summed E-state index contributed by atoms with van der Waals surface area (Å²) in [5.74, 6) is 0. The Labute approximate surface area is 143 Å². The molecule has 24 heavy (non-hydrogen) atoms. The highest BCUT2D eigenvalue weighted by Gasteiger charge is 2.37. The van der Waals surface area contributed by atoms with Crippen LogP contribution in [0, 0.1) is 10.1 Å². The van der Waals surface area contributed by atoms with Gasteiger partial charge in [0.05, 0.1) is 28.7 Å². The maximum absolute atomic E-state index is 12.9. The Bertz CT molecular complexity index is 812. The number of nitro groups is 1. The zero-order valence-corrected chi connectivity index (χ0v) is 14.1. The zero-order chi connectivity index (χ0) is 17.5. The smallest absolute Gasteiger partial charge is 0.289 e. The number of hydrogen-bond acceptors (Lipinski definition) is 7. The Balaban J connectivity index is 1.99. The minimum absolute atomic E-state index is 0.0513. The van der Waals surface area contributed by atoms with Gasteiger partial charge in [-0.3, -0.25) is 20.3 Å². The van der Waals surface area contributed by atoms with E-state index in [9.17, 15) is 23.7 Å². The third-order valence-corrected chi connectivity index (χ3v) is 6.20. The van der Waals surface area contributed by atoms with Crippen LogP contribution in [0.3, 0.4) is 0 Å². The molecule has 9 nitrogen and oxygen atoms in total. The van der Waals surface area contributed by atoms with E-state index in [4.69, 9.17) is 11.6 Å². The summed E-state index contributed by atoms with van der Waals surface area (Å²) in [4.78, 5) is 10.1. The fraction of sp³-hybridized carbons (Fsp3) is 0.385. The van der Waals surface area contributed by atoms with Gasteiger partial charge in [-0.05, 0) is 12.5 Å². The van der Waals surface area contributed by atoms with Gasteiger partial charge in [0.15, 0.2) is 4.90 Å². The number of nitrogens with zero attached hydrogens (tertiary/aromatic N) is 4. The summed E-state index contributed by atoms with van der Waals surface area (Å²) in [6.07, 6.45) is 0.449. The predicted molar refractivity (Wildman–Crippen MR) is 84.5 cm³/mol. The lowest BCUT2D eigenvalue weighted by Crippen LogP contribution is -2.37. The van der Waals surface area contributed by atoms with Crippen LogP contribution in [0.4, 0.5) is 5.69 Å². The summed E-state index contributed by atoms with van der Waals surface area (Å²) < 4.78 is 27.0. The van der Waals surface area contributed by atoms with Crippen molar-refractivity contribution in [1.29, 1.82) is 0 Å². The average Bonchev–Trinajstić information content (AvgIpc) is 2.72. The minimum Gasteiger partial charge on any atom is -0.294 e. The molecule has 0 spiro atoms. The van der Waals surface area contributed by atoms with Gasteiger partial charge in [-0.1, -0.05) is 28.9 Å². The van der Waals surface area contributed by atoms with Crippen molar-refractivity contribution >= 4 is 27.3 Å². The number of hydrazine groups is 1. The molecule has 0 saturated carbocycles. The molecule has 0 unspecified atom stereocenters. The van der Waals surface area contributed by atoms with Crippen molar-refractivity contribution in [3.05, 3.63) is 45.1 Å². The molecule has 0 amide bonds.